The summed E-state index contributed by atoms with van der Waals surface area (Å²) in [6.45, 7) is 7.88. The standard InChI is InChI=1S/C22H35N5O2.HI/c1-5-26(6-2)21(29)19-9-7-18(8-10-19)16-25-22(24-4)27-13-11-17(12-14-27)15-20(28)23-3;/h7-10,17H,5-6,11-16H2,1-4H3,(H,23,28)(H,24,25);1H. The number of nitrogens with one attached hydrogen (secondary N) is 2. The summed E-state index contributed by atoms with van der Waals surface area (Å²) < 4.78 is 0. The Hall–Kier alpha value is -1.84. The Kier molecular flexibility index (Phi) is 11.8. The molecule has 0 atom stereocenters. The smallest absolute Gasteiger partial charge is 0.253 e. The van der Waals surface area contributed by atoms with Gasteiger partial charge in [0, 0.05) is 58.8 Å². The van der Waals surface area contributed by atoms with Crippen LogP contribution in [-0.4, -0.2) is 67.8 Å². The maximum atomic E-state index is 12.4. The van der Waals surface area contributed by atoms with Gasteiger partial charge in [-0.05, 0) is 50.3 Å². The van der Waals surface area contributed by atoms with Gasteiger partial charge in [-0.15, -0.1) is 24.0 Å². The van der Waals surface area contributed by atoms with Crippen molar-refractivity contribution in [3.63, 3.8) is 0 Å². The monoisotopic (exact) mass is 529 g/mol. The summed E-state index contributed by atoms with van der Waals surface area (Å²) in [6, 6.07) is 7.77. The van der Waals surface area contributed by atoms with Crippen LogP contribution < -0.4 is 10.6 Å². The molecule has 168 valence electrons. The summed E-state index contributed by atoms with van der Waals surface area (Å²) in [4.78, 5) is 32.5. The van der Waals surface area contributed by atoms with Crippen LogP contribution in [0.25, 0.3) is 0 Å². The van der Waals surface area contributed by atoms with Gasteiger partial charge in [-0.3, -0.25) is 14.6 Å². The quantitative estimate of drug-likeness (QED) is 0.324. The van der Waals surface area contributed by atoms with Crippen LogP contribution in [0.5, 0.6) is 0 Å². The van der Waals surface area contributed by atoms with Crippen molar-refractivity contribution < 1.29 is 9.59 Å². The molecule has 2 N–H and O–H groups in total. The number of hydrogen-bond donors (Lipinski definition) is 2. The minimum atomic E-state index is 0. The summed E-state index contributed by atoms with van der Waals surface area (Å²) in [5.74, 6) is 1.52. The van der Waals surface area contributed by atoms with Crippen molar-refractivity contribution in [1.82, 2.24) is 20.4 Å². The number of guanidine groups is 1. The van der Waals surface area contributed by atoms with Crippen LogP contribution in [-0.2, 0) is 11.3 Å². The molecule has 1 aromatic rings. The van der Waals surface area contributed by atoms with E-state index in [1.54, 1.807) is 14.1 Å². The predicted molar refractivity (Wildman–Crippen MR) is 132 cm³/mol. The lowest BCUT2D eigenvalue weighted by Crippen LogP contribution is -2.45. The summed E-state index contributed by atoms with van der Waals surface area (Å²) in [5.41, 5.74) is 1.83. The molecule has 0 aliphatic carbocycles. The van der Waals surface area contributed by atoms with Crippen LogP contribution in [0.2, 0.25) is 0 Å². The van der Waals surface area contributed by atoms with E-state index in [1.807, 2.05) is 43.0 Å². The molecule has 1 aliphatic heterocycles. The number of halogens is 1. The van der Waals surface area contributed by atoms with E-state index in [0.717, 1.165) is 56.1 Å². The normalized spacial score (nSPS) is 14.7. The average Bonchev–Trinajstić information content (AvgIpc) is 2.76. The molecule has 8 heteroatoms. The molecule has 7 nitrogen and oxygen atoms in total. The number of carbonyl (C=O) groups excluding carboxylic acids is 2. The molecule has 30 heavy (non-hydrogen) atoms. The second-order valence-electron chi connectivity index (χ2n) is 7.38. The molecule has 1 aromatic carbocycles. The summed E-state index contributed by atoms with van der Waals surface area (Å²) in [7, 11) is 3.49. The molecule has 2 amide bonds. The van der Waals surface area contributed by atoms with Gasteiger partial charge < -0.3 is 20.4 Å². The third-order valence-electron chi connectivity index (χ3n) is 5.58. The zero-order valence-electron chi connectivity index (χ0n) is 18.6. The number of hydrogen-bond acceptors (Lipinski definition) is 3. The lowest BCUT2D eigenvalue weighted by molar-refractivity contribution is -0.121. The molecule has 0 bridgehead atoms. The number of likely N-dealkylation sites (tertiary alicyclic amines) is 1. The molecule has 0 aromatic heterocycles. The average molecular weight is 529 g/mol. The number of benzene rings is 1. The van der Waals surface area contributed by atoms with Gasteiger partial charge in [-0.2, -0.15) is 0 Å². The molecule has 1 fully saturated rings. The Morgan fingerprint density at radius 1 is 1.13 bits per heavy atom. The van der Waals surface area contributed by atoms with Crippen LogP contribution in [0.1, 0.15) is 49.0 Å². The molecule has 1 saturated heterocycles. The number of amides is 2. The SMILES string of the molecule is CCN(CC)C(=O)c1ccc(CNC(=NC)N2CCC(CC(=O)NC)CC2)cc1.I. The summed E-state index contributed by atoms with van der Waals surface area (Å²) in [5, 5.41) is 6.12. The number of carbonyl (C=O) groups is 2. The van der Waals surface area contributed by atoms with Gasteiger partial charge in [0.05, 0.1) is 0 Å². The lowest BCUT2D eigenvalue weighted by Gasteiger charge is -2.34. The van der Waals surface area contributed by atoms with Gasteiger partial charge >= 0.3 is 0 Å². The zero-order chi connectivity index (χ0) is 21.2. The van der Waals surface area contributed by atoms with Crippen LogP contribution in [0.15, 0.2) is 29.3 Å². The first-order chi connectivity index (χ1) is 14.0. The van der Waals surface area contributed by atoms with Gasteiger partial charge in [0.15, 0.2) is 5.96 Å². The molecular weight excluding hydrogens is 493 g/mol. The topological polar surface area (TPSA) is 77.0 Å². The molecular formula is C22H36IN5O2. The van der Waals surface area contributed by atoms with Crippen molar-refractivity contribution in [1.29, 1.82) is 0 Å². The Balaban J connectivity index is 0.00000450. The van der Waals surface area contributed by atoms with Crippen molar-refractivity contribution >= 4 is 41.8 Å². The minimum Gasteiger partial charge on any atom is -0.359 e. The van der Waals surface area contributed by atoms with Crippen molar-refractivity contribution in [3.05, 3.63) is 35.4 Å². The second-order valence-corrected chi connectivity index (χ2v) is 7.38. The highest BCUT2D eigenvalue weighted by Gasteiger charge is 2.23. The van der Waals surface area contributed by atoms with Crippen molar-refractivity contribution in [2.75, 3.05) is 40.3 Å². The van der Waals surface area contributed by atoms with Gasteiger partial charge in [0.25, 0.3) is 5.91 Å². The first-order valence-electron chi connectivity index (χ1n) is 10.6. The van der Waals surface area contributed by atoms with Crippen molar-refractivity contribution in [2.45, 2.75) is 39.7 Å². The number of nitrogens with zero attached hydrogens (tertiary/aromatic N) is 3. The van der Waals surface area contributed by atoms with E-state index in [9.17, 15) is 9.59 Å². The third-order valence-corrected chi connectivity index (χ3v) is 5.58. The van der Waals surface area contributed by atoms with Gasteiger partial charge in [0.2, 0.25) is 5.91 Å². The Labute approximate surface area is 197 Å². The Bertz CT molecular complexity index is 696. The highest BCUT2D eigenvalue weighted by molar-refractivity contribution is 14.0. The maximum absolute atomic E-state index is 12.4. The Morgan fingerprint density at radius 2 is 1.73 bits per heavy atom. The summed E-state index contributed by atoms with van der Waals surface area (Å²) >= 11 is 0. The third kappa shape index (κ3) is 7.45. The van der Waals surface area contributed by atoms with Gasteiger partial charge in [-0.25, -0.2) is 0 Å². The zero-order valence-corrected chi connectivity index (χ0v) is 20.9. The number of aliphatic imine (C=N–C) groups is 1. The van der Waals surface area contributed by atoms with Gasteiger partial charge in [0.1, 0.15) is 0 Å². The first-order valence-corrected chi connectivity index (χ1v) is 10.6. The van der Waals surface area contributed by atoms with E-state index in [2.05, 4.69) is 20.5 Å². The van der Waals surface area contributed by atoms with Gasteiger partial charge in [-0.1, -0.05) is 12.1 Å². The minimum absolute atomic E-state index is 0. The van der Waals surface area contributed by atoms with E-state index in [4.69, 9.17) is 0 Å². The maximum Gasteiger partial charge on any atom is 0.253 e. The molecule has 1 aliphatic rings. The summed E-state index contributed by atoms with van der Waals surface area (Å²) in [6.07, 6.45) is 2.60. The molecule has 1 heterocycles. The molecule has 0 unspecified atom stereocenters. The first kappa shape index (κ1) is 26.2. The largest absolute Gasteiger partial charge is 0.359 e. The molecule has 2 rings (SSSR count). The fraction of sp³-hybridized carbons (Fsp3) is 0.591. The number of piperidine rings is 1. The second kappa shape index (κ2) is 13.5. The van der Waals surface area contributed by atoms with E-state index in [1.165, 1.54) is 0 Å². The Morgan fingerprint density at radius 3 is 2.23 bits per heavy atom. The van der Waals surface area contributed by atoms with Crippen LogP contribution in [0, 0.1) is 5.92 Å². The van der Waals surface area contributed by atoms with Crippen molar-refractivity contribution in [3.8, 4) is 0 Å². The van der Waals surface area contributed by atoms with Crippen LogP contribution in [0.4, 0.5) is 0 Å². The fourth-order valence-corrected chi connectivity index (χ4v) is 3.69. The molecule has 0 spiro atoms. The van der Waals surface area contributed by atoms with Crippen LogP contribution in [0.3, 0.4) is 0 Å². The highest BCUT2D eigenvalue weighted by Crippen LogP contribution is 2.20. The lowest BCUT2D eigenvalue weighted by atomic mass is 9.93. The van der Waals surface area contributed by atoms with Crippen molar-refractivity contribution in [2.24, 2.45) is 10.9 Å². The molecule has 0 radical (unpaired) electrons. The van der Waals surface area contributed by atoms with Crippen LogP contribution >= 0.6 is 24.0 Å². The van der Waals surface area contributed by atoms with E-state index >= 15 is 0 Å². The van der Waals surface area contributed by atoms with E-state index in [-0.39, 0.29) is 35.8 Å². The predicted octanol–water partition coefficient (Wildman–Crippen LogP) is 2.71. The molecule has 0 saturated carbocycles. The number of rotatable bonds is 7. The highest BCUT2D eigenvalue weighted by atomic mass is 127. The fourth-order valence-electron chi connectivity index (χ4n) is 3.69. The van der Waals surface area contributed by atoms with E-state index in [0.29, 0.717) is 18.9 Å². The van der Waals surface area contributed by atoms with E-state index < -0.39 is 0 Å².